The van der Waals surface area contributed by atoms with Crippen molar-refractivity contribution < 1.29 is 9.84 Å². The molecule has 0 radical (unpaired) electrons. The van der Waals surface area contributed by atoms with E-state index in [0.29, 0.717) is 5.41 Å². The lowest BCUT2D eigenvalue weighted by atomic mass is 9.75. The predicted molar refractivity (Wildman–Crippen MR) is 72.1 cm³/mol. The number of aliphatic hydroxyl groups is 1. The zero-order valence-electron chi connectivity index (χ0n) is 11.9. The average Bonchev–Trinajstić information content (AvgIpc) is 2.28. The van der Waals surface area contributed by atoms with Crippen LogP contribution in [0.4, 0.5) is 0 Å². The van der Waals surface area contributed by atoms with Crippen LogP contribution in [0.15, 0.2) is 0 Å². The summed E-state index contributed by atoms with van der Waals surface area (Å²) in [6.07, 6.45) is 9.20. The van der Waals surface area contributed by atoms with Gasteiger partial charge in [0.05, 0.1) is 12.2 Å². The summed E-state index contributed by atoms with van der Waals surface area (Å²) in [4.78, 5) is 0. The lowest BCUT2D eigenvalue weighted by Gasteiger charge is -2.38. The predicted octanol–water partition coefficient (Wildman–Crippen LogP) is 3.91. The Morgan fingerprint density at radius 1 is 1.18 bits per heavy atom. The van der Waals surface area contributed by atoms with Gasteiger partial charge in [0.25, 0.3) is 0 Å². The number of ether oxygens (including phenoxy) is 1. The van der Waals surface area contributed by atoms with Gasteiger partial charge in [-0.3, -0.25) is 0 Å². The molecule has 102 valence electrons. The van der Waals surface area contributed by atoms with E-state index < -0.39 is 0 Å². The van der Waals surface area contributed by atoms with Crippen LogP contribution in [-0.2, 0) is 4.74 Å². The van der Waals surface area contributed by atoms with E-state index in [-0.39, 0.29) is 12.2 Å². The Morgan fingerprint density at radius 2 is 1.88 bits per heavy atom. The number of hydrogen-bond donors (Lipinski definition) is 1. The normalized spacial score (nSPS) is 28.2. The second kappa shape index (κ2) is 7.38. The smallest absolute Gasteiger partial charge is 0.0839 e. The number of hydrogen-bond acceptors (Lipinski definition) is 2. The summed E-state index contributed by atoms with van der Waals surface area (Å²) >= 11 is 0. The van der Waals surface area contributed by atoms with E-state index in [4.69, 9.17) is 4.74 Å². The molecule has 0 bridgehead atoms. The van der Waals surface area contributed by atoms with Gasteiger partial charge in [-0.2, -0.15) is 0 Å². The standard InChI is InChI=1S/C15H30O2/c1-4-5-6-7-8-11-17-14-12-15(2,3)10-9-13(14)16/h13-14,16H,4-12H2,1-3H3. The first-order valence-corrected chi connectivity index (χ1v) is 7.35. The Bertz CT molecular complexity index is 201. The molecule has 2 nitrogen and oxygen atoms in total. The molecule has 1 saturated carbocycles. The minimum Gasteiger partial charge on any atom is -0.390 e. The van der Waals surface area contributed by atoms with E-state index in [1.807, 2.05) is 0 Å². The molecule has 2 atom stereocenters. The lowest BCUT2D eigenvalue weighted by Crippen LogP contribution is -2.39. The van der Waals surface area contributed by atoms with Gasteiger partial charge in [0.2, 0.25) is 0 Å². The zero-order chi connectivity index (χ0) is 12.7. The maximum Gasteiger partial charge on any atom is 0.0839 e. The van der Waals surface area contributed by atoms with E-state index in [0.717, 1.165) is 32.3 Å². The van der Waals surface area contributed by atoms with Crippen molar-refractivity contribution in [2.75, 3.05) is 6.61 Å². The molecule has 1 N–H and O–H groups in total. The van der Waals surface area contributed by atoms with Crippen molar-refractivity contribution in [3.63, 3.8) is 0 Å². The summed E-state index contributed by atoms with van der Waals surface area (Å²) in [7, 11) is 0. The number of aliphatic hydroxyl groups excluding tert-OH is 1. The van der Waals surface area contributed by atoms with Crippen molar-refractivity contribution in [3.8, 4) is 0 Å². The van der Waals surface area contributed by atoms with Gasteiger partial charge >= 0.3 is 0 Å². The SMILES string of the molecule is CCCCCCCOC1CC(C)(C)CCC1O. The van der Waals surface area contributed by atoms with Crippen LogP contribution in [0.1, 0.15) is 72.1 Å². The molecule has 0 saturated heterocycles. The third-order valence-electron chi connectivity index (χ3n) is 3.88. The van der Waals surface area contributed by atoms with Gasteiger partial charge in [-0.25, -0.2) is 0 Å². The van der Waals surface area contributed by atoms with Gasteiger partial charge in [0.1, 0.15) is 0 Å². The van der Waals surface area contributed by atoms with E-state index in [1.54, 1.807) is 0 Å². The topological polar surface area (TPSA) is 29.5 Å². The Balaban J connectivity index is 2.12. The molecule has 0 aromatic heterocycles. The monoisotopic (exact) mass is 242 g/mol. The molecule has 1 aliphatic carbocycles. The van der Waals surface area contributed by atoms with Crippen molar-refractivity contribution in [2.24, 2.45) is 5.41 Å². The first-order chi connectivity index (χ1) is 8.05. The Morgan fingerprint density at radius 3 is 2.59 bits per heavy atom. The molecule has 0 aromatic rings. The molecule has 0 spiro atoms. The summed E-state index contributed by atoms with van der Waals surface area (Å²) in [5, 5.41) is 9.92. The average molecular weight is 242 g/mol. The van der Waals surface area contributed by atoms with Gasteiger partial charge in [-0.15, -0.1) is 0 Å². The van der Waals surface area contributed by atoms with Crippen LogP contribution in [0.5, 0.6) is 0 Å². The van der Waals surface area contributed by atoms with Crippen molar-refractivity contribution in [1.82, 2.24) is 0 Å². The Kier molecular flexibility index (Phi) is 6.50. The fourth-order valence-corrected chi connectivity index (χ4v) is 2.62. The second-order valence-corrected chi connectivity index (χ2v) is 6.30. The third-order valence-corrected chi connectivity index (χ3v) is 3.88. The van der Waals surface area contributed by atoms with E-state index >= 15 is 0 Å². The molecule has 2 heteroatoms. The minimum absolute atomic E-state index is 0.0740. The molecular weight excluding hydrogens is 212 g/mol. The Labute approximate surface area is 107 Å². The largest absolute Gasteiger partial charge is 0.390 e. The fourth-order valence-electron chi connectivity index (χ4n) is 2.62. The molecule has 0 heterocycles. The zero-order valence-corrected chi connectivity index (χ0v) is 11.9. The fraction of sp³-hybridized carbons (Fsp3) is 1.00. The summed E-state index contributed by atoms with van der Waals surface area (Å²) in [6, 6.07) is 0. The van der Waals surface area contributed by atoms with Crippen molar-refractivity contribution in [1.29, 1.82) is 0 Å². The van der Waals surface area contributed by atoms with E-state index in [2.05, 4.69) is 20.8 Å². The molecule has 0 aromatic carbocycles. The maximum absolute atomic E-state index is 9.92. The highest BCUT2D eigenvalue weighted by Gasteiger charge is 2.34. The molecule has 0 aliphatic heterocycles. The summed E-state index contributed by atoms with van der Waals surface area (Å²) in [6.45, 7) is 7.60. The molecule has 1 fully saturated rings. The molecule has 17 heavy (non-hydrogen) atoms. The van der Waals surface area contributed by atoms with Crippen LogP contribution in [0, 0.1) is 5.41 Å². The minimum atomic E-state index is -0.237. The van der Waals surface area contributed by atoms with Crippen LogP contribution in [0.3, 0.4) is 0 Å². The highest BCUT2D eigenvalue weighted by atomic mass is 16.5. The Hall–Kier alpha value is -0.0800. The van der Waals surface area contributed by atoms with E-state index in [9.17, 15) is 5.11 Å². The van der Waals surface area contributed by atoms with Crippen LogP contribution in [0.25, 0.3) is 0 Å². The molecule has 0 amide bonds. The number of rotatable bonds is 7. The first kappa shape index (κ1) is 15.0. The molecule has 1 aliphatic rings. The lowest BCUT2D eigenvalue weighted by molar-refractivity contribution is -0.0865. The van der Waals surface area contributed by atoms with Gasteiger partial charge in [-0.05, 0) is 31.1 Å². The summed E-state index contributed by atoms with van der Waals surface area (Å²) in [5.41, 5.74) is 0.339. The second-order valence-electron chi connectivity index (χ2n) is 6.30. The highest BCUT2D eigenvalue weighted by Crippen LogP contribution is 2.36. The molecule has 2 unspecified atom stereocenters. The summed E-state index contributed by atoms with van der Waals surface area (Å²) in [5.74, 6) is 0. The number of unbranched alkanes of at least 4 members (excludes halogenated alkanes) is 4. The van der Waals surface area contributed by atoms with Crippen molar-refractivity contribution in [3.05, 3.63) is 0 Å². The highest BCUT2D eigenvalue weighted by molar-refractivity contribution is 4.85. The molecule has 1 rings (SSSR count). The summed E-state index contributed by atoms with van der Waals surface area (Å²) < 4.78 is 5.86. The maximum atomic E-state index is 9.92. The quantitative estimate of drug-likeness (QED) is 0.686. The third kappa shape index (κ3) is 5.87. The molecular formula is C15H30O2. The van der Waals surface area contributed by atoms with Crippen molar-refractivity contribution >= 4 is 0 Å². The van der Waals surface area contributed by atoms with Crippen LogP contribution >= 0.6 is 0 Å². The van der Waals surface area contributed by atoms with Gasteiger partial charge in [0.15, 0.2) is 0 Å². The van der Waals surface area contributed by atoms with Crippen LogP contribution in [0.2, 0.25) is 0 Å². The van der Waals surface area contributed by atoms with Crippen LogP contribution in [-0.4, -0.2) is 23.9 Å². The van der Waals surface area contributed by atoms with E-state index in [1.165, 1.54) is 25.7 Å². The van der Waals surface area contributed by atoms with Crippen molar-refractivity contribution in [2.45, 2.75) is 84.3 Å². The van der Waals surface area contributed by atoms with Gasteiger partial charge in [-0.1, -0.05) is 46.5 Å². The van der Waals surface area contributed by atoms with Crippen LogP contribution < -0.4 is 0 Å². The first-order valence-electron chi connectivity index (χ1n) is 7.35. The van der Waals surface area contributed by atoms with Gasteiger partial charge in [0, 0.05) is 6.61 Å². The van der Waals surface area contributed by atoms with Gasteiger partial charge < -0.3 is 9.84 Å².